The highest BCUT2D eigenvalue weighted by Crippen LogP contribution is 2.32. The number of nitrogens with two attached hydrogens (primary N) is 1. The molecule has 0 saturated heterocycles. The van der Waals surface area contributed by atoms with E-state index < -0.39 is 0 Å². The zero-order valence-corrected chi connectivity index (χ0v) is 14.7. The van der Waals surface area contributed by atoms with Crippen LogP contribution in [-0.2, 0) is 17.8 Å². The number of benzene rings is 2. The van der Waals surface area contributed by atoms with Crippen molar-refractivity contribution in [3.8, 4) is 0 Å². The van der Waals surface area contributed by atoms with Gasteiger partial charge in [-0.25, -0.2) is 4.39 Å². The molecular weight excluding hydrogens is 317 g/mol. The third kappa shape index (κ3) is 3.60. The topological polar surface area (TPSA) is 49.6 Å². The number of anilines is 2. The number of hydrogen-bond donors (Lipinski definition) is 1. The maximum absolute atomic E-state index is 13.3. The molecule has 0 saturated carbocycles. The fourth-order valence-electron chi connectivity index (χ4n) is 3.52. The van der Waals surface area contributed by atoms with Gasteiger partial charge in [-0.3, -0.25) is 4.79 Å². The zero-order valence-electron chi connectivity index (χ0n) is 14.7. The molecule has 1 aliphatic heterocycles. The van der Waals surface area contributed by atoms with Crippen molar-refractivity contribution in [3.63, 3.8) is 0 Å². The minimum Gasteiger partial charge on any atom is -0.398 e. The second-order valence-corrected chi connectivity index (χ2v) is 6.64. The SMILES string of the molecule is CC(C(=O)N(C)Cc1cccc(F)c1)N1CCCc2c(N)cccc21. The summed E-state index contributed by atoms with van der Waals surface area (Å²) in [5.74, 6) is -0.272. The Morgan fingerprint density at radius 3 is 2.84 bits per heavy atom. The van der Waals surface area contributed by atoms with Gasteiger partial charge >= 0.3 is 0 Å². The lowest BCUT2D eigenvalue weighted by atomic mass is 9.98. The molecule has 132 valence electrons. The third-order valence-corrected chi connectivity index (χ3v) is 4.83. The Hall–Kier alpha value is -2.56. The van der Waals surface area contributed by atoms with E-state index in [0.717, 1.165) is 41.9 Å². The highest BCUT2D eigenvalue weighted by Gasteiger charge is 2.28. The molecule has 0 radical (unpaired) electrons. The molecule has 2 N–H and O–H groups in total. The molecule has 0 aliphatic carbocycles. The van der Waals surface area contributed by atoms with Gasteiger partial charge in [0.2, 0.25) is 5.91 Å². The smallest absolute Gasteiger partial charge is 0.245 e. The average Bonchev–Trinajstić information content (AvgIpc) is 2.60. The first-order valence-electron chi connectivity index (χ1n) is 8.61. The number of nitrogens with zero attached hydrogens (tertiary/aromatic N) is 2. The zero-order chi connectivity index (χ0) is 18.0. The molecule has 1 heterocycles. The number of carbonyl (C=O) groups excluding carboxylic acids is 1. The number of hydrogen-bond acceptors (Lipinski definition) is 3. The monoisotopic (exact) mass is 341 g/mol. The molecule has 1 aliphatic rings. The van der Waals surface area contributed by atoms with Crippen molar-refractivity contribution in [1.29, 1.82) is 0 Å². The first-order chi connectivity index (χ1) is 12.0. The van der Waals surface area contributed by atoms with Crippen LogP contribution >= 0.6 is 0 Å². The van der Waals surface area contributed by atoms with Crippen molar-refractivity contribution in [2.75, 3.05) is 24.2 Å². The largest absolute Gasteiger partial charge is 0.398 e. The van der Waals surface area contributed by atoms with Crippen molar-refractivity contribution >= 4 is 17.3 Å². The quantitative estimate of drug-likeness (QED) is 0.869. The van der Waals surface area contributed by atoms with Crippen LogP contribution in [0.25, 0.3) is 0 Å². The number of fused-ring (bicyclic) bond motifs is 1. The minimum absolute atomic E-state index is 0.0135. The van der Waals surface area contributed by atoms with Crippen molar-refractivity contribution in [1.82, 2.24) is 4.90 Å². The van der Waals surface area contributed by atoms with Crippen molar-refractivity contribution in [2.24, 2.45) is 0 Å². The Morgan fingerprint density at radius 2 is 2.08 bits per heavy atom. The van der Waals surface area contributed by atoms with E-state index in [9.17, 15) is 9.18 Å². The first-order valence-corrected chi connectivity index (χ1v) is 8.61. The molecule has 3 rings (SSSR count). The standard InChI is InChI=1S/C20H24FN3O/c1-14(20(25)23(2)13-15-6-3-7-16(21)12-15)24-11-5-8-17-18(22)9-4-10-19(17)24/h3-4,6-7,9-10,12,14H,5,8,11,13,22H2,1-2H3. The Bertz CT molecular complexity index is 777. The van der Waals surface area contributed by atoms with Gasteiger partial charge in [-0.05, 0) is 55.2 Å². The van der Waals surface area contributed by atoms with Crippen LogP contribution in [0.3, 0.4) is 0 Å². The molecule has 0 bridgehead atoms. The van der Waals surface area contributed by atoms with E-state index in [0.29, 0.717) is 6.54 Å². The molecule has 1 unspecified atom stereocenters. The molecule has 25 heavy (non-hydrogen) atoms. The molecule has 2 aromatic carbocycles. The fraction of sp³-hybridized carbons (Fsp3) is 0.350. The maximum atomic E-state index is 13.3. The number of amides is 1. The number of carbonyl (C=O) groups is 1. The van der Waals surface area contributed by atoms with Gasteiger partial charge in [-0.1, -0.05) is 18.2 Å². The Kier molecular flexibility index (Phi) is 4.93. The molecule has 2 aromatic rings. The molecule has 1 amide bonds. The summed E-state index contributed by atoms with van der Waals surface area (Å²) in [6.45, 7) is 3.14. The van der Waals surface area contributed by atoms with Gasteiger partial charge in [0.1, 0.15) is 11.9 Å². The van der Waals surface area contributed by atoms with Crippen LogP contribution in [0.5, 0.6) is 0 Å². The normalized spacial score (nSPS) is 14.8. The highest BCUT2D eigenvalue weighted by molar-refractivity contribution is 5.85. The second kappa shape index (κ2) is 7.13. The molecule has 1 atom stereocenters. The van der Waals surface area contributed by atoms with Crippen LogP contribution in [0, 0.1) is 5.82 Å². The Morgan fingerprint density at radius 1 is 1.32 bits per heavy atom. The van der Waals surface area contributed by atoms with Crippen molar-refractivity contribution < 1.29 is 9.18 Å². The number of nitrogen functional groups attached to an aromatic ring is 1. The lowest BCUT2D eigenvalue weighted by molar-refractivity contribution is -0.131. The molecule has 0 fully saturated rings. The summed E-state index contributed by atoms with van der Waals surface area (Å²) in [7, 11) is 1.76. The predicted molar refractivity (Wildman–Crippen MR) is 98.9 cm³/mol. The van der Waals surface area contributed by atoms with Crippen LogP contribution in [0.4, 0.5) is 15.8 Å². The first kappa shape index (κ1) is 17.3. The summed E-state index contributed by atoms with van der Waals surface area (Å²) >= 11 is 0. The molecular formula is C20H24FN3O. The van der Waals surface area contributed by atoms with Crippen molar-refractivity contribution in [3.05, 3.63) is 59.4 Å². The summed E-state index contributed by atoms with van der Waals surface area (Å²) < 4.78 is 13.3. The fourth-order valence-corrected chi connectivity index (χ4v) is 3.52. The van der Waals surface area contributed by atoms with E-state index >= 15 is 0 Å². The van der Waals surface area contributed by atoms with Gasteiger partial charge < -0.3 is 15.5 Å². The van der Waals surface area contributed by atoms with E-state index in [2.05, 4.69) is 4.90 Å². The van der Waals surface area contributed by atoms with E-state index in [-0.39, 0.29) is 17.8 Å². The highest BCUT2D eigenvalue weighted by atomic mass is 19.1. The van der Waals surface area contributed by atoms with Crippen LogP contribution in [0.2, 0.25) is 0 Å². The van der Waals surface area contributed by atoms with E-state index in [1.807, 2.05) is 31.2 Å². The summed E-state index contributed by atoms with van der Waals surface area (Å²) in [4.78, 5) is 16.7. The minimum atomic E-state index is -0.292. The van der Waals surface area contributed by atoms with Crippen LogP contribution in [-0.4, -0.2) is 30.4 Å². The molecule has 5 heteroatoms. The van der Waals surface area contributed by atoms with Gasteiger partial charge in [0.15, 0.2) is 0 Å². The summed E-state index contributed by atoms with van der Waals surface area (Å²) in [5.41, 5.74) is 9.84. The number of likely N-dealkylation sites (N-methyl/N-ethyl adjacent to an activating group) is 1. The summed E-state index contributed by atoms with van der Waals surface area (Å²) in [5, 5.41) is 0. The number of halogens is 1. The molecule has 0 aromatic heterocycles. The number of rotatable bonds is 4. The lowest BCUT2D eigenvalue weighted by Gasteiger charge is -2.37. The van der Waals surface area contributed by atoms with Crippen LogP contribution < -0.4 is 10.6 Å². The summed E-state index contributed by atoms with van der Waals surface area (Å²) in [6.07, 6.45) is 1.92. The molecule has 0 spiro atoms. The predicted octanol–water partition coefficient (Wildman–Crippen LogP) is 3.21. The van der Waals surface area contributed by atoms with Gasteiger partial charge in [-0.2, -0.15) is 0 Å². The van der Waals surface area contributed by atoms with E-state index in [4.69, 9.17) is 5.73 Å². The second-order valence-electron chi connectivity index (χ2n) is 6.64. The Labute approximate surface area is 148 Å². The van der Waals surface area contributed by atoms with E-state index in [1.165, 1.54) is 12.1 Å². The average molecular weight is 341 g/mol. The van der Waals surface area contributed by atoms with Gasteiger partial charge in [0.25, 0.3) is 0 Å². The molecule has 4 nitrogen and oxygen atoms in total. The Balaban J connectivity index is 1.76. The van der Waals surface area contributed by atoms with Crippen LogP contribution in [0.15, 0.2) is 42.5 Å². The van der Waals surface area contributed by atoms with Gasteiger partial charge in [-0.15, -0.1) is 0 Å². The van der Waals surface area contributed by atoms with Gasteiger partial charge in [0.05, 0.1) is 0 Å². The lowest BCUT2D eigenvalue weighted by Crippen LogP contribution is -2.47. The maximum Gasteiger partial charge on any atom is 0.245 e. The van der Waals surface area contributed by atoms with Gasteiger partial charge in [0, 0.05) is 31.5 Å². The third-order valence-electron chi connectivity index (χ3n) is 4.83. The van der Waals surface area contributed by atoms with Crippen LogP contribution in [0.1, 0.15) is 24.5 Å². The summed E-state index contributed by atoms with van der Waals surface area (Å²) in [6, 6.07) is 11.9. The van der Waals surface area contributed by atoms with Crippen molar-refractivity contribution in [2.45, 2.75) is 32.4 Å². The van der Waals surface area contributed by atoms with E-state index in [1.54, 1.807) is 18.0 Å².